The van der Waals surface area contributed by atoms with E-state index in [1.54, 1.807) is 12.4 Å². The number of nitrogen functional groups attached to an aromatic ring is 1. The number of fused-ring (bicyclic) bond motifs is 1. The summed E-state index contributed by atoms with van der Waals surface area (Å²) in [5.74, 6) is 1.42. The van der Waals surface area contributed by atoms with Crippen LogP contribution in [0.4, 0.5) is 11.5 Å². The van der Waals surface area contributed by atoms with Crippen molar-refractivity contribution in [3.05, 3.63) is 60.6 Å². The summed E-state index contributed by atoms with van der Waals surface area (Å²) in [6.07, 6.45) is 9.24. The van der Waals surface area contributed by atoms with Crippen molar-refractivity contribution < 1.29 is 4.79 Å². The Kier molecular flexibility index (Phi) is 6.50. The van der Waals surface area contributed by atoms with E-state index in [0.29, 0.717) is 17.4 Å². The Bertz CT molecular complexity index is 1080. The molecule has 0 saturated heterocycles. The van der Waals surface area contributed by atoms with Gasteiger partial charge in [0.05, 0.1) is 0 Å². The summed E-state index contributed by atoms with van der Waals surface area (Å²) in [5.41, 5.74) is 11.4. The fourth-order valence-corrected chi connectivity index (χ4v) is 3.09. The lowest BCUT2D eigenvalue weighted by molar-refractivity contribution is -0.117. The maximum atomic E-state index is 12.0. The van der Waals surface area contributed by atoms with E-state index in [4.69, 9.17) is 5.73 Å². The summed E-state index contributed by atoms with van der Waals surface area (Å²) in [5, 5.41) is 4.75. The number of carbonyl (C=O) groups excluding carboxylic acids is 1. The van der Waals surface area contributed by atoms with Crippen LogP contribution in [0.5, 0.6) is 0 Å². The first-order valence-corrected chi connectivity index (χ1v) is 10.3. The first-order valence-electron chi connectivity index (χ1n) is 10.3. The van der Waals surface area contributed by atoms with E-state index in [9.17, 15) is 4.79 Å². The number of aryl methyl sites for hydroxylation is 1. The molecule has 5 heteroatoms. The number of anilines is 2. The summed E-state index contributed by atoms with van der Waals surface area (Å²) in [6.45, 7) is 11.8. The number of nitrogens with zero attached hydrogens (tertiary/aromatic N) is 2. The molecule has 2 aromatic heterocycles. The van der Waals surface area contributed by atoms with Crippen molar-refractivity contribution in [2.24, 2.45) is 11.8 Å². The maximum absolute atomic E-state index is 12.0. The minimum absolute atomic E-state index is 0.0512. The summed E-state index contributed by atoms with van der Waals surface area (Å²) in [6, 6.07) is 5.98. The molecule has 1 fully saturated rings. The minimum Gasteiger partial charge on any atom is -0.398 e. The number of amides is 1. The summed E-state index contributed by atoms with van der Waals surface area (Å²) in [4.78, 5) is 20.6. The monoisotopic (exact) mass is 402 g/mol. The van der Waals surface area contributed by atoms with Gasteiger partial charge >= 0.3 is 0 Å². The molecular weight excluding hydrogens is 372 g/mol. The summed E-state index contributed by atoms with van der Waals surface area (Å²) >= 11 is 0. The predicted molar refractivity (Wildman–Crippen MR) is 125 cm³/mol. The van der Waals surface area contributed by atoms with Crippen molar-refractivity contribution in [1.82, 2.24) is 9.97 Å². The Balaban J connectivity index is 0.000000461. The van der Waals surface area contributed by atoms with Gasteiger partial charge in [-0.2, -0.15) is 0 Å². The van der Waals surface area contributed by atoms with Crippen molar-refractivity contribution >= 4 is 28.2 Å². The van der Waals surface area contributed by atoms with Crippen LogP contribution in [-0.2, 0) is 4.79 Å². The average Bonchev–Trinajstić information content (AvgIpc) is 3.57. The molecule has 1 amide bonds. The standard InChI is InChI=1S/C20H20N4O.C5H10/c1-11-5-6-22-9-16(11)15-7-14-8-18(24-20(25)13-3-4-13)23-10-17(14)19(21)12(15)2;1-4-5(2)3/h5-10,13H,3-4,21H2,1-2H3,(H,23,24,25);4-5H,1H2,2-3H3. The number of benzene rings is 1. The number of hydrogen-bond acceptors (Lipinski definition) is 4. The van der Waals surface area contributed by atoms with Crippen LogP contribution >= 0.6 is 0 Å². The molecule has 3 N–H and O–H groups in total. The third kappa shape index (κ3) is 4.85. The topological polar surface area (TPSA) is 80.9 Å². The van der Waals surface area contributed by atoms with Gasteiger partial charge in [0.15, 0.2) is 0 Å². The first-order chi connectivity index (χ1) is 14.3. The second-order valence-electron chi connectivity index (χ2n) is 8.19. The zero-order valence-corrected chi connectivity index (χ0v) is 18.2. The third-order valence-electron chi connectivity index (χ3n) is 5.33. The van der Waals surface area contributed by atoms with Gasteiger partial charge in [0, 0.05) is 41.1 Å². The molecule has 3 aromatic rings. The van der Waals surface area contributed by atoms with Crippen LogP contribution in [0.2, 0.25) is 0 Å². The lowest BCUT2D eigenvalue weighted by Crippen LogP contribution is -2.14. The highest BCUT2D eigenvalue weighted by molar-refractivity contribution is 6.01. The summed E-state index contributed by atoms with van der Waals surface area (Å²) < 4.78 is 0. The van der Waals surface area contributed by atoms with E-state index in [1.165, 1.54) is 0 Å². The van der Waals surface area contributed by atoms with E-state index in [1.807, 2.05) is 31.3 Å². The quantitative estimate of drug-likeness (QED) is 0.435. The molecule has 4 rings (SSSR count). The molecule has 0 bridgehead atoms. The van der Waals surface area contributed by atoms with Gasteiger partial charge in [-0.15, -0.1) is 6.58 Å². The van der Waals surface area contributed by atoms with Crippen molar-refractivity contribution in [3.8, 4) is 11.1 Å². The maximum Gasteiger partial charge on any atom is 0.228 e. The predicted octanol–water partition coefficient (Wildman–Crippen LogP) is 5.67. The zero-order chi connectivity index (χ0) is 21.8. The highest BCUT2D eigenvalue weighted by Gasteiger charge is 2.29. The fourth-order valence-electron chi connectivity index (χ4n) is 3.09. The van der Waals surface area contributed by atoms with Gasteiger partial charge in [-0.25, -0.2) is 4.98 Å². The Morgan fingerprint density at radius 2 is 1.93 bits per heavy atom. The van der Waals surface area contributed by atoms with Crippen LogP contribution in [0.3, 0.4) is 0 Å². The van der Waals surface area contributed by atoms with Crippen LogP contribution in [0, 0.1) is 25.7 Å². The molecule has 1 aliphatic carbocycles. The number of allylic oxidation sites excluding steroid dienone is 1. The highest BCUT2D eigenvalue weighted by Crippen LogP contribution is 2.36. The van der Waals surface area contributed by atoms with E-state index >= 15 is 0 Å². The number of nitrogens with one attached hydrogen (secondary N) is 1. The number of hydrogen-bond donors (Lipinski definition) is 2. The molecule has 0 aliphatic heterocycles. The lowest BCUT2D eigenvalue weighted by atomic mass is 9.94. The van der Waals surface area contributed by atoms with Crippen LogP contribution in [-0.4, -0.2) is 15.9 Å². The van der Waals surface area contributed by atoms with Crippen LogP contribution < -0.4 is 11.1 Å². The molecule has 30 heavy (non-hydrogen) atoms. The van der Waals surface area contributed by atoms with Gasteiger partial charge in [0.1, 0.15) is 5.82 Å². The SMILES string of the molecule is C=CC(C)C.Cc1ccncc1-c1cc2cc(NC(=O)C3CC3)ncc2c(N)c1C. The molecule has 0 atom stereocenters. The highest BCUT2D eigenvalue weighted by atomic mass is 16.2. The molecule has 5 nitrogen and oxygen atoms in total. The Labute approximate surface area is 178 Å². The van der Waals surface area contributed by atoms with Gasteiger partial charge < -0.3 is 11.1 Å². The van der Waals surface area contributed by atoms with E-state index in [2.05, 4.69) is 48.7 Å². The Morgan fingerprint density at radius 3 is 2.53 bits per heavy atom. The van der Waals surface area contributed by atoms with Crippen LogP contribution in [0.25, 0.3) is 21.9 Å². The van der Waals surface area contributed by atoms with E-state index in [-0.39, 0.29) is 11.8 Å². The number of aromatic nitrogens is 2. The van der Waals surface area contributed by atoms with Gasteiger partial charge in [-0.1, -0.05) is 19.9 Å². The second kappa shape index (κ2) is 9.08. The number of nitrogens with two attached hydrogens (primary N) is 1. The van der Waals surface area contributed by atoms with E-state index < -0.39 is 0 Å². The number of rotatable bonds is 4. The van der Waals surface area contributed by atoms with Crippen molar-refractivity contribution in [3.63, 3.8) is 0 Å². The fraction of sp³-hybridized carbons (Fsp3) is 0.320. The smallest absolute Gasteiger partial charge is 0.228 e. The molecular formula is C25H30N4O. The average molecular weight is 403 g/mol. The summed E-state index contributed by atoms with van der Waals surface area (Å²) in [7, 11) is 0. The van der Waals surface area contributed by atoms with Gasteiger partial charge in [-0.05, 0) is 72.9 Å². The van der Waals surface area contributed by atoms with Crippen molar-refractivity contribution in [2.75, 3.05) is 11.1 Å². The molecule has 0 spiro atoms. The van der Waals surface area contributed by atoms with Gasteiger partial charge in [0.2, 0.25) is 5.91 Å². The largest absolute Gasteiger partial charge is 0.398 e. The first kappa shape index (κ1) is 21.5. The molecule has 0 unspecified atom stereocenters. The Morgan fingerprint density at radius 1 is 1.23 bits per heavy atom. The second-order valence-corrected chi connectivity index (χ2v) is 8.19. The van der Waals surface area contributed by atoms with Crippen LogP contribution in [0.1, 0.15) is 37.8 Å². The molecule has 0 radical (unpaired) electrons. The molecule has 1 saturated carbocycles. The van der Waals surface area contributed by atoms with Crippen LogP contribution in [0.15, 0.2) is 49.4 Å². The number of carbonyl (C=O) groups is 1. The van der Waals surface area contributed by atoms with Gasteiger partial charge in [-0.3, -0.25) is 9.78 Å². The third-order valence-corrected chi connectivity index (χ3v) is 5.33. The van der Waals surface area contributed by atoms with Crippen molar-refractivity contribution in [1.29, 1.82) is 0 Å². The minimum atomic E-state index is 0.0512. The lowest BCUT2D eigenvalue weighted by Gasteiger charge is -2.14. The van der Waals surface area contributed by atoms with Gasteiger partial charge in [0.25, 0.3) is 0 Å². The molecule has 1 aliphatic rings. The normalized spacial score (nSPS) is 13.0. The molecule has 2 heterocycles. The zero-order valence-electron chi connectivity index (χ0n) is 18.2. The molecule has 156 valence electrons. The molecule has 1 aromatic carbocycles. The Hall–Kier alpha value is -3.21. The van der Waals surface area contributed by atoms with E-state index in [0.717, 1.165) is 45.9 Å². The van der Waals surface area contributed by atoms with Crippen molar-refractivity contribution in [2.45, 2.75) is 40.5 Å². The number of pyridine rings is 2.